The van der Waals surface area contributed by atoms with E-state index in [-0.39, 0.29) is 17.2 Å². The highest BCUT2D eigenvalue weighted by Crippen LogP contribution is 2.39. The molecule has 6 nitrogen and oxygen atoms in total. The largest absolute Gasteiger partial charge is 0.418 e. The minimum absolute atomic E-state index is 0.0597. The Balaban J connectivity index is 1.78. The molecule has 0 bridgehead atoms. The van der Waals surface area contributed by atoms with Crippen LogP contribution < -0.4 is 0 Å². The van der Waals surface area contributed by atoms with Gasteiger partial charge in [0.1, 0.15) is 0 Å². The van der Waals surface area contributed by atoms with Gasteiger partial charge in [0, 0.05) is 29.9 Å². The number of nitrogens with zero attached hydrogens (tertiary/aromatic N) is 5. The average Bonchev–Trinajstić information content (AvgIpc) is 3.21. The van der Waals surface area contributed by atoms with Gasteiger partial charge in [0.2, 0.25) is 11.6 Å². The molecule has 182 valence electrons. The molecule has 4 rings (SSSR count). The molecule has 12 heteroatoms. The number of ketones is 1. The molecule has 0 saturated heterocycles. The van der Waals surface area contributed by atoms with Gasteiger partial charge in [-0.05, 0) is 49.7 Å². The lowest BCUT2D eigenvalue weighted by atomic mass is 9.87. The Morgan fingerprint density at radius 3 is 2.29 bits per heavy atom. The van der Waals surface area contributed by atoms with E-state index in [1.807, 2.05) is 0 Å². The lowest BCUT2D eigenvalue weighted by Gasteiger charge is -2.21. The van der Waals surface area contributed by atoms with Crippen molar-refractivity contribution in [3.05, 3.63) is 88.3 Å². The van der Waals surface area contributed by atoms with Crippen LogP contribution in [0.15, 0.2) is 48.7 Å². The van der Waals surface area contributed by atoms with Crippen LogP contribution in [0.1, 0.15) is 56.7 Å². The van der Waals surface area contributed by atoms with Crippen molar-refractivity contribution in [1.29, 1.82) is 0 Å². The van der Waals surface area contributed by atoms with Crippen LogP contribution in [0.3, 0.4) is 0 Å². The van der Waals surface area contributed by atoms with Crippen molar-refractivity contribution in [3.8, 4) is 0 Å². The van der Waals surface area contributed by atoms with E-state index in [0.717, 1.165) is 42.6 Å². The van der Waals surface area contributed by atoms with Crippen LogP contribution >= 0.6 is 0 Å². The van der Waals surface area contributed by atoms with Gasteiger partial charge in [0.25, 0.3) is 5.78 Å². The number of hydrogen-bond donors (Lipinski definition) is 0. The van der Waals surface area contributed by atoms with Crippen molar-refractivity contribution in [2.24, 2.45) is 0 Å². The van der Waals surface area contributed by atoms with Gasteiger partial charge >= 0.3 is 12.4 Å². The SMILES string of the molecule is Cc1cc(C)n2nc(C(=O)C[C@@H](c3ccc(C(F)(F)F)cc3)c3ncccc3C(F)(F)F)nc2n1. The number of carbonyl (C=O) groups excluding carboxylic acids is 1. The quantitative estimate of drug-likeness (QED) is 0.268. The van der Waals surface area contributed by atoms with Crippen LogP contribution in [-0.4, -0.2) is 30.3 Å². The number of aryl methyl sites for hydroxylation is 2. The Labute approximate surface area is 194 Å². The molecule has 0 N–H and O–H groups in total. The van der Waals surface area contributed by atoms with E-state index in [4.69, 9.17) is 0 Å². The van der Waals surface area contributed by atoms with Crippen molar-refractivity contribution in [2.75, 3.05) is 0 Å². The molecule has 0 radical (unpaired) electrons. The molecule has 0 saturated carbocycles. The van der Waals surface area contributed by atoms with E-state index >= 15 is 0 Å². The third kappa shape index (κ3) is 5.00. The molecule has 1 aromatic carbocycles. The Morgan fingerprint density at radius 2 is 1.66 bits per heavy atom. The summed E-state index contributed by atoms with van der Waals surface area (Å²) in [6.45, 7) is 3.45. The minimum Gasteiger partial charge on any atom is -0.291 e. The lowest BCUT2D eigenvalue weighted by molar-refractivity contribution is -0.139. The van der Waals surface area contributed by atoms with Crippen molar-refractivity contribution < 1.29 is 31.1 Å². The first-order chi connectivity index (χ1) is 16.3. The van der Waals surface area contributed by atoms with Gasteiger partial charge in [-0.15, -0.1) is 5.10 Å². The minimum atomic E-state index is -4.79. The summed E-state index contributed by atoms with van der Waals surface area (Å²) in [5.41, 5.74) is -1.21. The fourth-order valence-electron chi connectivity index (χ4n) is 3.77. The first kappa shape index (κ1) is 24.3. The monoisotopic (exact) mass is 493 g/mol. The molecule has 0 fully saturated rings. The van der Waals surface area contributed by atoms with Gasteiger partial charge in [0.05, 0.1) is 16.8 Å². The Bertz CT molecular complexity index is 1390. The van der Waals surface area contributed by atoms with Gasteiger partial charge in [-0.25, -0.2) is 9.50 Å². The van der Waals surface area contributed by atoms with Gasteiger partial charge in [-0.1, -0.05) is 12.1 Å². The van der Waals surface area contributed by atoms with Crippen molar-refractivity contribution >= 4 is 11.6 Å². The highest BCUT2D eigenvalue weighted by atomic mass is 19.4. The van der Waals surface area contributed by atoms with Crippen LogP contribution in [0, 0.1) is 13.8 Å². The molecular weight excluding hydrogens is 476 g/mol. The molecule has 0 aliphatic rings. The van der Waals surface area contributed by atoms with Crippen molar-refractivity contribution in [1.82, 2.24) is 24.6 Å². The molecule has 1 atom stereocenters. The van der Waals surface area contributed by atoms with Crippen molar-refractivity contribution in [2.45, 2.75) is 38.5 Å². The summed E-state index contributed by atoms with van der Waals surface area (Å²) < 4.78 is 81.5. The third-order valence-corrected chi connectivity index (χ3v) is 5.37. The first-order valence-electron chi connectivity index (χ1n) is 10.3. The summed E-state index contributed by atoms with van der Waals surface area (Å²) in [6.07, 6.45) is -8.85. The number of alkyl halides is 6. The number of carbonyl (C=O) groups is 1. The zero-order valence-corrected chi connectivity index (χ0v) is 18.3. The molecule has 0 spiro atoms. The van der Waals surface area contributed by atoms with E-state index in [0.29, 0.717) is 11.4 Å². The normalized spacial score (nSPS) is 13.3. The molecule has 0 amide bonds. The van der Waals surface area contributed by atoms with E-state index < -0.39 is 47.3 Å². The number of rotatable bonds is 5. The lowest BCUT2D eigenvalue weighted by Crippen LogP contribution is -2.18. The second kappa shape index (κ2) is 8.75. The number of aromatic nitrogens is 5. The van der Waals surface area contributed by atoms with Crippen LogP contribution in [-0.2, 0) is 12.4 Å². The number of hydrogen-bond acceptors (Lipinski definition) is 5. The predicted octanol–water partition coefficient (Wildman–Crippen LogP) is 5.58. The highest BCUT2D eigenvalue weighted by Gasteiger charge is 2.38. The summed E-state index contributed by atoms with van der Waals surface area (Å²) in [5, 5.41) is 4.11. The smallest absolute Gasteiger partial charge is 0.291 e. The van der Waals surface area contributed by atoms with E-state index in [9.17, 15) is 31.1 Å². The highest BCUT2D eigenvalue weighted by molar-refractivity contribution is 5.93. The van der Waals surface area contributed by atoms with Gasteiger partial charge in [-0.2, -0.15) is 31.3 Å². The number of halogens is 6. The third-order valence-electron chi connectivity index (χ3n) is 5.37. The zero-order valence-electron chi connectivity index (χ0n) is 18.3. The zero-order chi connectivity index (χ0) is 25.5. The van der Waals surface area contributed by atoms with E-state index in [1.54, 1.807) is 19.9 Å². The summed E-state index contributed by atoms with van der Waals surface area (Å²) in [7, 11) is 0. The van der Waals surface area contributed by atoms with Gasteiger partial charge in [-0.3, -0.25) is 9.78 Å². The number of fused-ring (bicyclic) bond motifs is 1. The molecule has 3 aromatic heterocycles. The van der Waals surface area contributed by atoms with Gasteiger partial charge in [0.15, 0.2) is 0 Å². The number of Topliss-reactive ketones (excluding diaryl/α,β-unsaturated/α-hetero) is 1. The first-order valence-corrected chi connectivity index (χ1v) is 10.3. The van der Waals surface area contributed by atoms with Crippen LogP contribution in [0.25, 0.3) is 5.78 Å². The summed E-state index contributed by atoms with van der Waals surface area (Å²) >= 11 is 0. The molecule has 0 aliphatic heterocycles. The maximum Gasteiger partial charge on any atom is 0.418 e. The second-order valence-electron chi connectivity index (χ2n) is 7.92. The molecule has 4 aromatic rings. The molecule has 35 heavy (non-hydrogen) atoms. The van der Waals surface area contributed by atoms with Gasteiger partial charge < -0.3 is 0 Å². The van der Waals surface area contributed by atoms with Crippen LogP contribution in [0.5, 0.6) is 0 Å². The van der Waals surface area contributed by atoms with E-state index in [2.05, 4.69) is 20.1 Å². The molecule has 3 heterocycles. The molecule has 0 unspecified atom stereocenters. The Morgan fingerprint density at radius 1 is 0.971 bits per heavy atom. The molecular formula is C23H17F6N5O. The maximum absolute atomic E-state index is 13.7. The number of pyridine rings is 1. The standard InChI is InChI=1S/C23H17F6N5O/c1-12-10-13(2)34-21(31-12)32-20(33-34)18(35)11-16(14-5-7-15(8-6-14)22(24,25)26)19-17(23(27,28)29)4-3-9-30-19/h3-10,16H,11H2,1-2H3/t16-/m0/s1. The fraction of sp³-hybridized carbons (Fsp3) is 0.261. The predicted molar refractivity (Wildman–Crippen MR) is 112 cm³/mol. The number of benzene rings is 1. The second-order valence-corrected chi connectivity index (χ2v) is 7.92. The summed E-state index contributed by atoms with van der Waals surface area (Å²) in [4.78, 5) is 25.2. The Hall–Kier alpha value is -3.83. The van der Waals surface area contributed by atoms with Crippen LogP contribution in [0.2, 0.25) is 0 Å². The summed E-state index contributed by atoms with van der Waals surface area (Å²) in [6, 6.07) is 7.21. The topological polar surface area (TPSA) is 73.0 Å². The summed E-state index contributed by atoms with van der Waals surface area (Å²) in [5.74, 6) is -2.14. The molecule has 0 aliphatic carbocycles. The van der Waals surface area contributed by atoms with Crippen LogP contribution in [0.4, 0.5) is 26.3 Å². The maximum atomic E-state index is 13.7. The Kier molecular flexibility index (Phi) is 6.07. The van der Waals surface area contributed by atoms with Crippen molar-refractivity contribution in [3.63, 3.8) is 0 Å². The van der Waals surface area contributed by atoms with E-state index in [1.165, 1.54) is 4.52 Å². The fourth-order valence-corrected chi connectivity index (χ4v) is 3.77. The average molecular weight is 493 g/mol.